The molecular formula is C14H16N4O. The van der Waals surface area contributed by atoms with Crippen molar-refractivity contribution in [3.8, 4) is 0 Å². The maximum atomic E-state index is 12.1. The largest absolute Gasteiger partial charge is 0.346 e. The average Bonchev–Trinajstić information content (AvgIpc) is 2.46. The van der Waals surface area contributed by atoms with Crippen LogP contribution in [0.1, 0.15) is 21.6 Å². The molecule has 5 heteroatoms. The number of carbonyl (C=O) groups is 1. The fraction of sp³-hybridized carbons (Fsp3) is 0.143. The number of amides is 1. The number of carbonyl (C=O) groups excluding carboxylic acids is 1. The molecule has 0 unspecified atom stereocenters. The van der Waals surface area contributed by atoms with Gasteiger partial charge in [-0.1, -0.05) is 17.7 Å². The fourth-order valence-corrected chi connectivity index (χ4v) is 1.74. The number of nitrogens with zero attached hydrogens (tertiary/aromatic N) is 1. The van der Waals surface area contributed by atoms with E-state index in [9.17, 15) is 4.79 Å². The molecule has 1 aromatic carbocycles. The molecule has 0 spiro atoms. The first kappa shape index (κ1) is 13.0. The molecule has 1 heterocycles. The number of nitrogens with two attached hydrogens (primary N) is 1. The quantitative estimate of drug-likeness (QED) is 0.573. The van der Waals surface area contributed by atoms with Crippen LogP contribution in [0.25, 0.3) is 0 Å². The van der Waals surface area contributed by atoms with Crippen LogP contribution in [-0.4, -0.2) is 10.9 Å². The molecule has 0 atom stereocenters. The zero-order chi connectivity index (χ0) is 13.7. The van der Waals surface area contributed by atoms with Crippen molar-refractivity contribution in [3.63, 3.8) is 0 Å². The number of hydrazine groups is 1. The van der Waals surface area contributed by atoms with Crippen LogP contribution in [0.2, 0.25) is 0 Å². The predicted octanol–water partition coefficient (Wildman–Crippen LogP) is 1.61. The summed E-state index contributed by atoms with van der Waals surface area (Å²) in [5.41, 5.74) is 5.47. The van der Waals surface area contributed by atoms with E-state index in [0.717, 1.165) is 11.3 Å². The second kappa shape index (κ2) is 5.97. The molecule has 0 radical (unpaired) electrons. The average molecular weight is 256 g/mol. The van der Waals surface area contributed by atoms with E-state index in [1.807, 2.05) is 31.2 Å². The summed E-state index contributed by atoms with van der Waals surface area (Å²) >= 11 is 0. The number of pyridine rings is 1. The summed E-state index contributed by atoms with van der Waals surface area (Å²) in [6.07, 6.45) is 1.70. The van der Waals surface area contributed by atoms with Crippen molar-refractivity contribution in [1.82, 2.24) is 10.3 Å². The SMILES string of the molecule is Cc1ccc(NN)c(C(=O)NCc2ccccn2)c1. The van der Waals surface area contributed by atoms with Crippen LogP contribution < -0.4 is 16.6 Å². The smallest absolute Gasteiger partial charge is 0.253 e. The summed E-state index contributed by atoms with van der Waals surface area (Å²) in [5.74, 6) is 5.23. The number of aromatic nitrogens is 1. The van der Waals surface area contributed by atoms with Crippen LogP contribution in [0.3, 0.4) is 0 Å². The highest BCUT2D eigenvalue weighted by molar-refractivity contribution is 5.99. The zero-order valence-corrected chi connectivity index (χ0v) is 10.7. The highest BCUT2D eigenvalue weighted by Crippen LogP contribution is 2.16. The number of nitrogens with one attached hydrogen (secondary N) is 2. The van der Waals surface area contributed by atoms with Crippen molar-refractivity contribution in [3.05, 3.63) is 59.4 Å². The Bertz CT molecular complexity index is 569. The molecule has 19 heavy (non-hydrogen) atoms. The van der Waals surface area contributed by atoms with Crippen molar-refractivity contribution in [1.29, 1.82) is 0 Å². The summed E-state index contributed by atoms with van der Waals surface area (Å²) in [6, 6.07) is 11.0. The van der Waals surface area contributed by atoms with E-state index in [2.05, 4.69) is 15.7 Å². The Morgan fingerprint density at radius 3 is 2.84 bits per heavy atom. The van der Waals surface area contributed by atoms with E-state index in [-0.39, 0.29) is 5.91 Å². The second-order valence-electron chi connectivity index (χ2n) is 4.20. The van der Waals surface area contributed by atoms with Gasteiger partial charge in [0.05, 0.1) is 23.5 Å². The standard InChI is InChI=1S/C14H16N4O/c1-10-5-6-13(18-15)12(8-10)14(19)17-9-11-4-2-3-7-16-11/h2-8,18H,9,15H2,1H3,(H,17,19). The third kappa shape index (κ3) is 3.29. The highest BCUT2D eigenvalue weighted by Gasteiger charge is 2.10. The molecule has 0 aliphatic heterocycles. The van der Waals surface area contributed by atoms with Gasteiger partial charge >= 0.3 is 0 Å². The Morgan fingerprint density at radius 1 is 1.32 bits per heavy atom. The zero-order valence-electron chi connectivity index (χ0n) is 10.7. The molecule has 2 aromatic rings. The van der Waals surface area contributed by atoms with Crippen molar-refractivity contribution in [2.75, 3.05) is 5.43 Å². The normalized spacial score (nSPS) is 10.0. The maximum absolute atomic E-state index is 12.1. The van der Waals surface area contributed by atoms with Gasteiger partial charge in [-0.25, -0.2) is 0 Å². The van der Waals surface area contributed by atoms with Gasteiger partial charge in [-0.05, 0) is 31.2 Å². The molecule has 0 fully saturated rings. The van der Waals surface area contributed by atoms with Gasteiger partial charge in [0.2, 0.25) is 0 Å². The van der Waals surface area contributed by atoms with Crippen molar-refractivity contribution < 1.29 is 4.79 Å². The lowest BCUT2D eigenvalue weighted by Gasteiger charge is -2.10. The van der Waals surface area contributed by atoms with Gasteiger partial charge in [0, 0.05) is 6.20 Å². The Labute approximate surface area is 111 Å². The number of rotatable bonds is 4. The number of anilines is 1. The molecule has 0 saturated carbocycles. The molecule has 0 saturated heterocycles. The predicted molar refractivity (Wildman–Crippen MR) is 74.4 cm³/mol. The van der Waals surface area contributed by atoms with Gasteiger partial charge in [-0.3, -0.25) is 15.6 Å². The molecule has 2 rings (SSSR count). The molecule has 1 aromatic heterocycles. The molecule has 98 valence electrons. The summed E-state index contributed by atoms with van der Waals surface area (Å²) in [7, 11) is 0. The van der Waals surface area contributed by atoms with Crippen molar-refractivity contribution in [2.24, 2.45) is 5.84 Å². The van der Waals surface area contributed by atoms with Crippen LogP contribution in [0.4, 0.5) is 5.69 Å². The van der Waals surface area contributed by atoms with Crippen LogP contribution in [0.5, 0.6) is 0 Å². The van der Waals surface area contributed by atoms with Gasteiger partial charge in [-0.2, -0.15) is 0 Å². The number of hydrogen-bond acceptors (Lipinski definition) is 4. The Kier molecular flexibility index (Phi) is 4.10. The van der Waals surface area contributed by atoms with E-state index in [1.54, 1.807) is 18.3 Å². The van der Waals surface area contributed by atoms with Gasteiger partial charge in [0.25, 0.3) is 5.91 Å². The lowest BCUT2D eigenvalue weighted by molar-refractivity contribution is 0.0951. The summed E-state index contributed by atoms with van der Waals surface area (Å²) < 4.78 is 0. The van der Waals surface area contributed by atoms with Crippen LogP contribution in [0, 0.1) is 6.92 Å². The topological polar surface area (TPSA) is 80.0 Å². The monoisotopic (exact) mass is 256 g/mol. The minimum Gasteiger partial charge on any atom is -0.346 e. The summed E-state index contributed by atoms with van der Waals surface area (Å²) in [5, 5.41) is 2.82. The Balaban J connectivity index is 2.10. The van der Waals surface area contributed by atoms with E-state index < -0.39 is 0 Å². The molecular weight excluding hydrogens is 240 g/mol. The third-order valence-electron chi connectivity index (χ3n) is 2.73. The van der Waals surface area contributed by atoms with Crippen molar-refractivity contribution >= 4 is 11.6 Å². The van der Waals surface area contributed by atoms with Gasteiger partial charge in [0.1, 0.15) is 0 Å². The highest BCUT2D eigenvalue weighted by atomic mass is 16.1. The van der Waals surface area contributed by atoms with E-state index in [0.29, 0.717) is 17.8 Å². The maximum Gasteiger partial charge on any atom is 0.253 e. The molecule has 5 nitrogen and oxygen atoms in total. The second-order valence-corrected chi connectivity index (χ2v) is 4.20. The molecule has 0 bridgehead atoms. The third-order valence-corrected chi connectivity index (χ3v) is 2.73. The van der Waals surface area contributed by atoms with Crippen molar-refractivity contribution in [2.45, 2.75) is 13.5 Å². The molecule has 4 N–H and O–H groups in total. The van der Waals surface area contributed by atoms with Crippen LogP contribution in [0.15, 0.2) is 42.6 Å². The van der Waals surface area contributed by atoms with Crippen LogP contribution in [-0.2, 0) is 6.54 Å². The van der Waals surface area contributed by atoms with E-state index in [1.165, 1.54) is 0 Å². The Morgan fingerprint density at radius 2 is 2.16 bits per heavy atom. The molecule has 0 aliphatic rings. The summed E-state index contributed by atoms with van der Waals surface area (Å²) in [6.45, 7) is 2.31. The number of benzene rings is 1. The van der Waals surface area contributed by atoms with Gasteiger partial charge < -0.3 is 10.7 Å². The first-order valence-corrected chi connectivity index (χ1v) is 5.96. The minimum atomic E-state index is -0.178. The Hall–Kier alpha value is -2.40. The summed E-state index contributed by atoms with van der Waals surface area (Å²) in [4.78, 5) is 16.3. The fourth-order valence-electron chi connectivity index (χ4n) is 1.74. The lowest BCUT2D eigenvalue weighted by atomic mass is 10.1. The van der Waals surface area contributed by atoms with E-state index >= 15 is 0 Å². The number of hydrogen-bond donors (Lipinski definition) is 3. The van der Waals surface area contributed by atoms with E-state index in [4.69, 9.17) is 5.84 Å². The van der Waals surface area contributed by atoms with Crippen LogP contribution >= 0.6 is 0 Å². The van der Waals surface area contributed by atoms with Gasteiger partial charge in [-0.15, -0.1) is 0 Å². The first-order valence-electron chi connectivity index (χ1n) is 5.96. The molecule has 1 amide bonds. The molecule has 0 aliphatic carbocycles. The van der Waals surface area contributed by atoms with Gasteiger partial charge in [0.15, 0.2) is 0 Å². The minimum absolute atomic E-state index is 0.178. The number of aryl methyl sites for hydroxylation is 1. The lowest BCUT2D eigenvalue weighted by Crippen LogP contribution is -2.25. The first-order chi connectivity index (χ1) is 9.20. The number of nitrogen functional groups attached to an aromatic ring is 1.